The van der Waals surface area contributed by atoms with Crippen LogP contribution in [0.5, 0.6) is 0 Å². The van der Waals surface area contributed by atoms with Crippen LogP contribution in [0.15, 0.2) is 28.5 Å². The molecule has 3 nitrogen and oxygen atoms in total. The normalized spacial score (nSPS) is 9.30. The van der Waals surface area contributed by atoms with Crippen LogP contribution in [0.25, 0.3) is 0 Å². The molecule has 1 rings (SSSR count). The molecule has 1 aromatic heterocycles. The minimum absolute atomic E-state index is 0.634. The molecule has 0 atom stereocenters. The molecule has 1 aromatic rings. The molecule has 0 amide bonds. The highest BCUT2D eigenvalue weighted by Gasteiger charge is 1.97. The van der Waals surface area contributed by atoms with Crippen molar-refractivity contribution in [2.24, 2.45) is 5.11 Å². The molecule has 0 aromatic carbocycles. The summed E-state index contributed by atoms with van der Waals surface area (Å²) in [6.07, 6.45) is 3.61. The lowest BCUT2D eigenvalue weighted by molar-refractivity contribution is 1.05. The third-order valence-corrected chi connectivity index (χ3v) is 1.77. The van der Waals surface area contributed by atoms with Gasteiger partial charge in [0.2, 0.25) is 0 Å². The minimum atomic E-state index is 0.634. The molecule has 10 heavy (non-hydrogen) atoms. The first-order valence-electron chi connectivity index (χ1n) is 2.75. The molecule has 0 saturated carbocycles. The van der Waals surface area contributed by atoms with Gasteiger partial charge in [0.1, 0.15) is 10.7 Å². The van der Waals surface area contributed by atoms with Gasteiger partial charge in [-0.25, -0.2) is 10.5 Å². The van der Waals surface area contributed by atoms with Gasteiger partial charge in [0.05, 0.1) is 0 Å². The van der Waals surface area contributed by atoms with Crippen LogP contribution in [0.4, 0.5) is 5.69 Å². The Morgan fingerprint density at radius 2 is 2.50 bits per heavy atom. The van der Waals surface area contributed by atoms with E-state index in [0.29, 0.717) is 5.69 Å². The molecule has 1 N–H and O–H groups in total. The number of nitrogens with one attached hydrogen (secondary N) is 1. The van der Waals surface area contributed by atoms with E-state index in [1.54, 1.807) is 18.3 Å². The monoisotopic (exact) mass is 153 g/mol. The number of nitrogens with zero attached hydrogens (tertiary/aromatic N) is 2. The van der Waals surface area contributed by atoms with Gasteiger partial charge in [-0.1, -0.05) is 0 Å². The molecular weight excluding hydrogens is 146 g/mol. The van der Waals surface area contributed by atoms with Crippen molar-refractivity contribution >= 4 is 17.4 Å². The van der Waals surface area contributed by atoms with Crippen molar-refractivity contribution in [3.05, 3.63) is 18.3 Å². The number of aromatic nitrogens is 1. The van der Waals surface area contributed by atoms with Crippen molar-refractivity contribution in [1.82, 2.24) is 4.98 Å². The Morgan fingerprint density at radius 3 is 3.00 bits per heavy atom. The summed E-state index contributed by atoms with van der Waals surface area (Å²) in [5.74, 6) is 0. The SMILES string of the molecule is CSc1ncccc1N=N. The largest absolute Gasteiger partial charge is 0.248 e. The molecule has 0 saturated heterocycles. The Labute approximate surface area is 63.4 Å². The van der Waals surface area contributed by atoms with Gasteiger partial charge in [-0.2, -0.15) is 5.11 Å². The van der Waals surface area contributed by atoms with Crippen LogP contribution in [0.2, 0.25) is 0 Å². The minimum Gasteiger partial charge on any atom is -0.248 e. The molecule has 0 fully saturated rings. The number of hydrogen-bond acceptors (Lipinski definition) is 4. The summed E-state index contributed by atoms with van der Waals surface area (Å²) in [6.45, 7) is 0. The Kier molecular flexibility index (Phi) is 2.39. The summed E-state index contributed by atoms with van der Waals surface area (Å²) >= 11 is 1.50. The van der Waals surface area contributed by atoms with Gasteiger partial charge in [-0.05, 0) is 18.4 Å². The zero-order valence-corrected chi connectivity index (χ0v) is 6.35. The molecule has 0 unspecified atom stereocenters. The predicted molar refractivity (Wildman–Crippen MR) is 40.8 cm³/mol. The standard InChI is InChI=1S/C6H7N3S/c1-10-6-5(9-7)3-2-4-8-6/h2-4,7H,1H3. The van der Waals surface area contributed by atoms with Crippen molar-refractivity contribution in [2.45, 2.75) is 5.03 Å². The van der Waals surface area contributed by atoms with E-state index < -0.39 is 0 Å². The Hall–Kier alpha value is -0.900. The summed E-state index contributed by atoms with van der Waals surface area (Å²) in [5, 5.41) is 4.11. The maximum Gasteiger partial charge on any atom is 0.123 e. The Balaban J connectivity index is 3.08. The lowest BCUT2D eigenvalue weighted by Crippen LogP contribution is -1.75. The van der Waals surface area contributed by atoms with Crippen molar-refractivity contribution < 1.29 is 0 Å². The van der Waals surface area contributed by atoms with Crippen molar-refractivity contribution in [3.63, 3.8) is 0 Å². The summed E-state index contributed by atoms with van der Waals surface area (Å²) < 4.78 is 0. The fourth-order valence-corrected chi connectivity index (χ4v) is 1.11. The average Bonchev–Trinajstić information content (AvgIpc) is 2.04. The van der Waals surface area contributed by atoms with Crippen LogP contribution < -0.4 is 0 Å². The van der Waals surface area contributed by atoms with E-state index in [4.69, 9.17) is 5.53 Å². The Bertz CT molecular complexity index is 236. The van der Waals surface area contributed by atoms with E-state index in [-0.39, 0.29) is 0 Å². The molecule has 0 aliphatic carbocycles. The molecule has 0 radical (unpaired) electrons. The van der Waals surface area contributed by atoms with Crippen LogP contribution in [-0.2, 0) is 0 Å². The summed E-state index contributed by atoms with van der Waals surface area (Å²) in [7, 11) is 0. The van der Waals surface area contributed by atoms with Crippen LogP contribution >= 0.6 is 11.8 Å². The maximum atomic E-state index is 6.76. The van der Waals surface area contributed by atoms with Crippen molar-refractivity contribution in [3.8, 4) is 0 Å². The van der Waals surface area contributed by atoms with E-state index in [1.165, 1.54) is 11.8 Å². The lowest BCUT2D eigenvalue weighted by atomic mass is 10.4. The summed E-state index contributed by atoms with van der Waals surface area (Å²) in [6, 6.07) is 3.54. The molecule has 0 aliphatic rings. The number of hydrogen-bond donors (Lipinski definition) is 1. The van der Waals surface area contributed by atoms with Crippen LogP contribution in [0.1, 0.15) is 0 Å². The van der Waals surface area contributed by atoms with E-state index >= 15 is 0 Å². The van der Waals surface area contributed by atoms with E-state index in [1.807, 2.05) is 6.26 Å². The third kappa shape index (κ3) is 1.33. The zero-order valence-electron chi connectivity index (χ0n) is 5.53. The first-order valence-corrected chi connectivity index (χ1v) is 3.97. The summed E-state index contributed by atoms with van der Waals surface area (Å²) in [5.41, 5.74) is 7.39. The van der Waals surface area contributed by atoms with Gasteiger partial charge in [0, 0.05) is 6.20 Å². The first kappa shape index (κ1) is 7.21. The number of thioether (sulfide) groups is 1. The lowest BCUT2D eigenvalue weighted by Gasteiger charge is -1.95. The molecule has 52 valence electrons. The predicted octanol–water partition coefficient (Wildman–Crippen LogP) is 2.47. The van der Waals surface area contributed by atoms with Gasteiger partial charge in [0.15, 0.2) is 0 Å². The van der Waals surface area contributed by atoms with Gasteiger partial charge >= 0.3 is 0 Å². The molecule has 1 heterocycles. The molecule has 0 aliphatic heterocycles. The van der Waals surface area contributed by atoms with E-state index in [9.17, 15) is 0 Å². The molecule has 4 heteroatoms. The smallest absolute Gasteiger partial charge is 0.123 e. The van der Waals surface area contributed by atoms with E-state index in [0.717, 1.165) is 5.03 Å². The molecule has 0 spiro atoms. The van der Waals surface area contributed by atoms with E-state index in [2.05, 4.69) is 10.1 Å². The second kappa shape index (κ2) is 3.31. The maximum absolute atomic E-state index is 6.76. The number of rotatable bonds is 2. The fraction of sp³-hybridized carbons (Fsp3) is 0.167. The Morgan fingerprint density at radius 1 is 1.70 bits per heavy atom. The van der Waals surface area contributed by atoms with Crippen molar-refractivity contribution in [1.29, 1.82) is 5.53 Å². The number of pyridine rings is 1. The van der Waals surface area contributed by atoms with Gasteiger partial charge in [-0.3, -0.25) is 0 Å². The summed E-state index contributed by atoms with van der Waals surface area (Å²) in [4.78, 5) is 4.02. The van der Waals surface area contributed by atoms with Gasteiger partial charge < -0.3 is 0 Å². The zero-order chi connectivity index (χ0) is 7.40. The topological polar surface area (TPSA) is 49.1 Å². The van der Waals surface area contributed by atoms with Gasteiger partial charge in [0.25, 0.3) is 0 Å². The highest BCUT2D eigenvalue weighted by molar-refractivity contribution is 7.98. The van der Waals surface area contributed by atoms with Crippen LogP contribution in [0.3, 0.4) is 0 Å². The van der Waals surface area contributed by atoms with Crippen molar-refractivity contribution in [2.75, 3.05) is 6.26 Å². The van der Waals surface area contributed by atoms with Gasteiger partial charge in [-0.15, -0.1) is 11.8 Å². The van der Waals surface area contributed by atoms with Crippen LogP contribution in [-0.4, -0.2) is 11.2 Å². The highest BCUT2D eigenvalue weighted by Crippen LogP contribution is 2.23. The average molecular weight is 153 g/mol. The quantitative estimate of drug-likeness (QED) is 0.524. The fourth-order valence-electron chi connectivity index (χ4n) is 0.625. The molecule has 0 bridgehead atoms. The highest BCUT2D eigenvalue weighted by atomic mass is 32.2. The molecular formula is C6H7N3S. The van der Waals surface area contributed by atoms with Crippen LogP contribution in [0, 0.1) is 5.53 Å². The first-order chi connectivity index (χ1) is 4.88. The second-order valence-electron chi connectivity index (χ2n) is 1.64. The second-order valence-corrected chi connectivity index (χ2v) is 2.44. The third-order valence-electron chi connectivity index (χ3n) is 1.06.